The van der Waals surface area contributed by atoms with Gasteiger partial charge in [0.2, 0.25) is 0 Å². The van der Waals surface area contributed by atoms with Gasteiger partial charge in [0.1, 0.15) is 12.3 Å². The van der Waals surface area contributed by atoms with Gasteiger partial charge in [0, 0.05) is 0 Å². The van der Waals surface area contributed by atoms with Crippen molar-refractivity contribution in [3.05, 3.63) is 89.0 Å². The second-order valence-corrected chi connectivity index (χ2v) is 10.5. The number of methoxy groups -OCH3 is 1. The summed E-state index contributed by atoms with van der Waals surface area (Å²) < 4.78 is 33.6. The number of sulfonamides is 1. The number of aryl methyl sites for hydroxylation is 2. The van der Waals surface area contributed by atoms with Crippen molar-refractivity contribution in [1.82, 2.24) is 5.43 Å². The minimum absolute atomic E-state index is 0.0770. The molecule has 0 aromatic heterocycles. The molecular weight excluding hydrogens is 462 g/mol. The van der Waals surface area contributed by atoms with Crippen molar-refractivity contribution < 1.29 is 17.9 Å². The number of hydrazone groups is 1. The fourth-order valence-corrected chi connectivity index (χ4v) is 4.87. The molecule has 7 nitrogen and oxygen atoms in total. The van der Waals surface area contributed by atoms with E-state index in [0.29, 0.717) is 11.7 Å². The van der Waals surface area contributed by atoms with Crippen molar-refractivity contribution >= 4 is 27.8 Å². The van der Waals surface area contributed by atoms with E-state index in [1.165, 1.54) is 31.0 Å². The zero-order valence-corrected chi connectivity index (χ0v) is 21.5. The molecule has 0 aliphatic carbocycles. The maximum absolute atomic E-state index is 13.6. The quantitative estimate of drug-likeness (QED) is 0.343. The Morgan fingerprint density at radius 3 is 2.23 bits per heavy atom. The molecule has 0 saturated heterocycles. The highest BCUT2D eigenvalue weighted by Gasteiger charge is 2.29. The van der Waals surface area contributed by atoms with E-state index in [-0.39, 0.29) is 10.6 Å². The Bertz CT molecular complexity index is 1300. The lowest BCUT2D eigenvalue weighted by Gasteiger charge is -2.25. The van der Waals surface area contributed by atoms with Gasteiger partial charge in [-0.3, -0.25) is 9.10 Å². The highest BCUT2D eigenvalue weighted by atomic mass is 32.2. The number of nitrogens with one attached hydrogen (secondary N) is 1. The van der Waals surface area contributed by atoms with E-state index in [0.717, 1.165) is 21.0 Å². The molecule has 3 aromatic rings. The Hall–Kier alpha value is -3.65. The van der Waals surface area contributed by atoms with Crippen LogP contribution in [0.15, 0.2) is 76.7 Å². The van der Waals surface area contributed by atoms with Crippen LogP contribution in [0.3, 0.4) is 0 Å². The number of nitrogens with zero attached hydrogens (tertiary/aromatic N) is 2. The normalized spacial score (nSPS) is 11.6. The lowest BCUT2D eigenvalue weighted by Crippen LogP contribution is -2.39. The van der Waals surface area contributed by atoms with E-state index in [4.69, 9.17) is 4.74 Å². The number of amides is 1. The van der Waals surface area contributed by atoms with Crippen LogP contribution in [0.5, 0.6) is 5.75 Å². The largest absolute Gasteiger partial charge is 0.495 e. The van der Waals surface area contributed by atoms with Gasteiger partial charge in [-0.25, -0.2) is 13.8 Å². The summed E-state index contributed by atoms with van der Waals surface area (Å²) in [6.45, 7) is 7.47. The predicted octanol–water partition coefficient (Wildman–Crippen LogP) is 4.78. The topological polar surface area (TPSA) is 88.1 Å². The highest BCUT2D eigenvalue weighted by molar-refractivity contribution is 7.92. The Labute approximate surface area is 207 Å². The molecule has 35 heavy (non-hydrogen) atoms. The van der Waals surface area contributed by atoms with E-state index in [9.17, 15) is 13.2 Å². The number of benzene rings is 3. The van der Waals surface area contributed by atoms with Crippen LogP contribution in [0.1, 0.15) is 42.0 Å². The molecule has 3 rings (SSSR count). The number of rotatable bonds is 9. The van der Waals surface area contributed by atoms with Crippen LogP contribution in [0.25, 0.3) is 0 Å². The van der Waals surface area contributed by atoms with Crippen molar-refractivity contribution in [2.24, 2.45) is 5.10 Å². The van der Waals surface area contributed by atoms with Crippen LogP contribution in [0.4, 0.5) is 5.69 Å². The van der Waals surface area contributed by atoms with Gasteiger partial charge in [0.25, 0.3) is 15.9 Å². The Morgan fingerprint density at radius 1 is 1.00 bits per heavy atom. The van der Waals surface area contributed by atoms with Gasteiger partial charge in [-0.15, -0.1) is 0 Å². The van der Waals surface area contributed by atoms with E-state index < -0.39 is 22.5 Å². The first kappa shape index (κ1) is 26.0. The van der Waals surface area contributed by atoms with Crippen LogP contribution in [-0.4, -0.2) is 34.2 Å². The van der Waals surface area contributed by atoms with Gasteiger partial charge in [0.05, 0.1) is 23.9 Å². The highest BCUT2D eigenvalue weighted by Crippen LogP contribution is 2.33. The molecule has 8 heteroatoms. The van der Waals surface area contributed by atoms with E-state index >= 15 is 0 Å². The molecular formula is C27H31N3O4S. The number of carbonyl (C=O) groups is 1. The monoisotopic (exact) mass is 493 g/mol. The van der Waals surface area contributed by atoms with Gasteiger partial charge < -0.3 is 4.74 Å². The van der Waals surface area contributed by atoms with Crippen LogP contribution in [0.2, 0.25) is 0 Å². The van der Waals surface area contributed by atoms with Crippen molar-refractivity contribution in [3.8, 4) is 5.75 Å². The predicted molar refractivity (Wildman–Crippen MR) is 140 cm³/mol. The second-order valence-electron chi connectivity index (χ2n) is 8.61. The molecule has 1 amide bonds. The lowest BCUT2D eigenvalue weighted by atomic mass is 10.0. The Morgan fingerprint density at radius 2 is 1.63 bits per heavy atom. The molecule has 1 N–H and O–H groups in total. The molecule has 0 spiro atoms. The summed E-state index contributed by atoms with van der Waals surface area (Å²) in [5.74, 6) is 0.174. The zero-order valence-electron chi connectivity index (χ0n) is 20.6. The van der Waals surface area contributed by atoms with Gasteiger partial charge in [-0.05, 0) is 60.7 Å². The molecule has 0 aliphatic rings. The van der Waals surface area contributed by atoms with Gasteiger partial charge in [0.15, 0.2) is 0 Å². The van der Waals surface area contributed by atoms with E-state index in [1.807, 2.05) is 44.2 Å². The summed E-state index contributed by atoms with van der Waals surface area (Å²) in [6.07, 6.45) is 1.52. The average molecular weight is 494 g/mol. The molecule has 0 unspecified atom stereocenters. The Kier molecular flexibility index (Phi) is 8.30. The van der Waals surface area contributed by atoms with Crippen molar-refractivity contribution in [1.29, 1.82) is 0 Å². The maximum Gasteiger partial charge on any atom is 0.264 e. The standard InChI is InChI=1S/C27H31N3O4S/c1-19(2)23-11-9-22(10-12-23)17-28-29-27(31)18-30(25-16-21(4)8-15-26(25)34-5)35(32,33)24-13-6-20(3)7-14-24/h6-17,19H,18H2,1-5H3,(H,29,31)/b28-17-. The first-order valence-electron chi connectivity index (χ1n) is 11.3. The minimum Gasteiger partial charge on any atom is -0.495 e. The van der Waals surface area contributed by atoms with Crippen LogP contribution in [0, 0.1) is 13.8 Å². The number of anilines is 1. The molecule has 0 bridgehead atoms. The fraction of sp³-hybridized carbons (Fsp3) is 0.259. The molecule has 0 fully saturated rings. The maximum atomic E-state index is 13.6. The summed E-state index contributed by atoms with van der Waals surface area (Å²) >= 11 is 0. The lowest BCUT2D eigenvalue weighted by molar-refractivity contribution is -0.119. The molecule has 0 radical (unpaired) electrons. The summed E-state index contributed by atoms with van der Waals surface area (Å²) in [5.41, 5.74) is 6.49. The summed E-state index contributed by atoms with van der Waals surface area (Å²) in [6, 6.07) is 19.5. The SMILES string of the molecule is COc1ccc(C)cc1N(CC(=O)N/N=C\c1ccc(C(C)C)cc1)S(=O)(=O)c1ccc(C)cc1. The molecule has 0 aliphatic heterocycles. The Balaban J connectivity index is 1.87. The number of carbonyl (C=O) groups excluding carboxylic acids is 1. The minimum atomic E-state index is -4.06. The van der Waals surface area contributed by atoms with Crippen LogP contribution >= 0.6 is 0 Å². The number of hydrogen-bond donors (Lipinski definition) is 1. The summed E-state index contributed by atoms with van der Waals surface area (Å²) in [5, 5.41) is 4.01. The van der Waals surface area contributed by atoms with E-state index in [1.54, 1.807) is 24.3 Å². The fourth-order valence-electron chi connectivity index (χ4n) is 3.44. The first-order valence-corrected chi connectivity index (χ1v) is 12.7. The number of hydrogen-bond acceptors (Lipinski definition) is 5. The molecule has 184 valence electrons. The van der Waals surface area contributed by atoms with Crippen molar-refractivity contribution in [2.45, 2.75) is 38.5 Å². The second kappa shape index (κ2) is 11.2. The third-order valence-electron chi connectivity index (χ3n) is 5.51. The molecule has 0 atom stereocenters. The zero-order chi connectivity index (χ0) is 25.6. The van der Waals surface area contributed by atoms with Crippen LogP contribution < -0.4 is 14.5 Å². The summed E-state index contributed by atoms with van der Waals surface area (Å²) in [7, 11) is -2.61. The van der Waals surface area contributed by atoms with Crippen molar-refractivity contribution in [3.63, 3.8) is 0 Å². The number of ether oxygens (including phenoxy) is 1. The smallest absolute Gasteiger partial charge is 0.264 e. The summed E-state index contributed by atoms with van der Waals surface area (Å²) in [4.78, 5) is 12.9. The molecule has 0 heterocycles. The van der Waals surface area contributed by atoms with Crippen molar-refractivity contribution in [2.75, 3.05) is 18.0 Å². The van der Waals surface area contributed by atoms with E-state index in [2.05, 4.69) is 24.4 Å². The molecule has 3 aromatic carbocycles. The van der Waals surface area contributed by atoms with Gasteiger partial charge >= 0.3 is 0 Å². The first-order chi connectivity index (χ1) is 16.6. The van der Waals surface area contributed by atoms with Crippen LogP contribution in [-0.2, 0) is 14.8 Å². The average Bonchev–Trinajstić information content (AvgIpc) is 2.83. The third kappa shape index (κ3) is 6.48. The third-order valence-corrected chi connectivity index (χ3v) is 7.28. The van der Waals surface area contributed by atoms with Gasteiger partial charge in [-0.2, -0.15) is 5.10 Å². The molecule has 0 saturated carbocycles. The van der Waals surface area contributed by atoms with Gasteiger partial charge in [-0.1, -0.05) is 61.9 Å².